The maximum atomic E-state index is 10.9. The SMILES string of the molecule is CC.CC.CC.CC(=O)c1ccc(C)c(C)c1.Cc1c(OCC2CCCCC2)nc(CCC(C)(C)C)c(C#N)c1C.[HH].[HH]. The second-order valence-corrected chi connectivity index (χ2v) is 11.3. The number of hydrogen-bond donors (Lipinski definition) is 0. The summed E-state index contributed by atoms with van der Waals surface area (Å²) in [6.07, 6.45) is 8.39. The Morgan fingerprint density at radius 2 is 1.51 bits per heavy atom. The fourth-order valence-electron chi connectivity index (χ4n) is 4.30. The number of hydrogen-bond acceptors (Lipinski definition) is 4. The number of Topliss-reactive ketones (excluding diaryl/α,β-unsaturated/α-hetero) is 1. The maximum Gasteiger partial charge on any atom is 0.216 e. The van der Waals surface area contributed by atoms with Crippen LogP contribution in [0, 0.1) is 50.4 Å². The van der Waals surface area contributed by atoms with Gasteiger partial charge in [0.1, 0.15) is 6.07 Å². The second-order valence-electron chi connectivity index (χ2n) is 11.3. The van der Waals surface area contributed by atoms with E-state index in [1.165, 1.54) is 43.2 Å². The Morgan fingerprint density at radius 1 is 0.951 bits per heavy atom. The summed E-state index contributed by atoms with van der Waals surface area (Å²) in [6, 6.07) is 8.13. The number of ether oxygens (including phenoxy) is 1. The van der Waals surface area contributed by atoms with Crippen molar-refractivity contribution in [1.29, 1.82) is 5.26 Å². The molecule has 0 radical (unpaired) electrons. The highest BCUT2D eigenvalue weighted by molar-refractivity contribution is 5.94. The van der Waals surface area contributed by atoms with Crippen LogP contribution >= 0.6 is 0 Å². The predicted octanol–water partition coefficient (Wildman–Crippen LogP) is 11.6. The molecule has 0 saturated heterocycles. The molecule has 41 heavy (non-hydrogen) atoms. The molecule has 2 aromatic rings. The van der Waals surface area contributed by atoms with Crippen molar-refractivity contribution in [3.8, 4) is 11.9 Å². The highest BCUT2D eigenvalue weighted by Gasteiger charge is 2.20. The molecule has 4 nitrogen and oxygen atoms in total. The zero-order chi connectivity index (χ0) is 32.2. The number of pyridine rings is 1. The first kappa shape index (κ1) is 40.5. The van der Waals surface area contributed by atoms with E-state index in [-0.39, 0.29) is 14.1 Å². The summed E-state index contributed by atoms with van der Waals surface area (Å²) in [4.78, 5) is 15.7. The van der Waals surface area contributed by atoms with Crippen LogP contribution in [0.5, 0.6) is 5.88 Å². The number of aryl methyl sites for hydroxylation is 3. The number of nitrogens with zero attached hydrogens (tertiary/aromatic N) is 2. The Labute approximate surface area is 257 Å². The van der Waals surface area contributed by atoms with Crippen molar-refractivity contribution in [3.63, 3.8) is 0 Å². The van der Waals surface area contributed by atoms with E-state index in [4.69, 9.17) is 9.72 Å². The van der Waals surface area contributed by atoms with E-state index >= 15 is 0 Å². The zero-order valence-corrected chi connectivity index (χ0v) is 29.2. The van der Waals surface area contributed by atoms with Crippen LogP contribution in [0.1, 0.15) is 154 Å². The second kappa shape index (κ2) is 22.0. The molecule has 0 amide bonds. The number of rotatable bonds is 6. The van der Waals surface area contributed by atoms with Crippen LogP contribution in [0.25, 0.3) is 0 Å². The molecule has 0 spiro atoms. The van der Waals surface area contributed by atoms with Crippen molar-refractivity contribution in [1.82, 2.24) is 4.98 Å². The van der Waals surface area contributed by atoms with Gasteiger partial charge < -0.3 is 4.74 Å². The first-order chi connectivity index (χ1) is 19.4. The summed E-state index contributed by atoms with van der Waals surface area (Å²) in [7, 11) is 0. The number of benzene rings is 1. The summed E-state index contributed by atoms with van der Waals surface area (Å²) >= 11 is 0. The normalized spacial score (nSPS) is 12.4. The Kier molecular flexibility index (Phi) is 21.7. The summed E-state index contributed by atoms with van der Waals surface area (Å²) < 4.78 is 6.11. The molecular weight excluding hydrogens is 504 g/mol. The highest BCUT2D eigenvalue weighted by atomic mass is 16.5. The monoisotopic (exact) mass is 571 g/mol. The Morgan fingerprint density at radius 3 is 1.98 bits per heavy atom. The van der Waals surface area contributed by atoms with Crippen molar-refractivity contribution in [3.05, 3.63) is 57.3 Å². The van der Waals surface area contributed by atoms with Crippen LogP contribution < -0.4 is 4.74 Å². The fraction of sp³-hybridized carbons (Fsp3) is 0.649. The van der Waals surface area contributed by atoms with Crippen LogP contribution in [0.4, 0.5) is 0 Å². The molecule has 4 heteroatoms. The van der Waals surface area contributed by atoms with Gasteiger partial charge in [-0.3, -0.25) is 4.79 Å². The van der Waals surface area contributed by atoms with Crippen LogP contribution in [-0.2, 0) is 6.42 Å². The van der Waals surface area contributed by atoms with Crippen molar-refractivity contribution < 1.29 is 12.4 Å². The minimum atomic E-state index is 0. The lowest BCUT2D eigenvalue weighted by atomic mass is 9.88. The molecule has 3 rings (SSSR count). The van der Waals surface area contributed by atoms with Crippen LogP contribution in [0.3, 0.4) is 0 Å². The van der Waals surface area contributed by atoms with Crippen molar-refractivity contribution in [2.45, 2.75) is 142 Å². The van der Waals surface area contributed by atoms with Gasteiger partial charge in [0.05, 0.1) is 17.9 Å². The van der Waals surface area contributed by atoms with Gasteiger partial charge in [0.25, 0.3) is 0 Å². The average molecular weight is 571 g/mol. The van der Waals surface area contributed by atoms with E-state index in [0.717, 1.165) is 53.3 Å². The van der Waals surface area contributed by atoms with Gasteiger partial charge >= 0.3 is 0 Å². The zero-order valence-electron chi connectivity index (χ0n) is 29.2. The Bertz CT molecular complexity index is 1060. The van der Waals surface area contributed by atoms with E-state index in [0.29, 0.717) is 5.92 Å². The Balaban J connectivity index is -0.000000338. The Hall–Kier alpha value is -2.67. The first-order valence-corrected chi connectivity index (χ1v) is 16.0. The van der Waals surface area contributed by atoms with E-state index < -0.39 is 0 Å². The molecule has 0 unspecified atom stereocenters. The molecule has 0 N–H and O–H groups in total. The van der Waals surface area contributed by atoms with Crippen molar-refractivity contribution in [2.24, 2.45) is 11.3 Å². The van der Waals surface area contributed by atoms with Gasteiger partial charge in [-0.15, -0.1) is 0 Å². The summed E-state index contributed by atoms with van der Waals surface area (Å²) in [6.45, 7) is 29.1. The molecule has 0 aliphatic heterocycles. The van der Waals surface area contributed by atoms with Gasteiger partial charge in [0, 0.05) is 14.0 Å². The van der Waals surface area contributed by atoms with E-state index in [2.05, 4.69) is 26.8 Å². The third kappa shape index (κ3) is 15.2. The summed E-state index contributed by atoms with van der Waals surface area (Å²) in [5, 5.41) is 9.55. The molecule has 1 aromatic heterocycles. The molecule has 1 aliphatic rings. The predicted molar refractivity (Wildman–Crippen MR) is 182 cm³/mol. The number of carbonyl (C=O) groups excluding carboxylic acids is 1. The third-order valence-corrected chi connectivity index (χ3v) is 7.10. The standard InChI is InChI=1S/C21H32N2O.C10H12O.3C2H6.2H2/c1-15-16(2)20(24-14-17-9-7-6-8-10-17)23-19(18(15)13-22)11-12-21(3,4)5;1-7-4-5-10(9(3)11)6-8(7)2;3*1-2;;/h17H,6-12,14H2,1-5H3;4-6H,1-3H3;3*1-2H3;2*1H. The molecule has 1 aliphatic carbocycles. The van der Waals surface area contributed by atoms with E-state index in [1.807, 2.05) is 87.4 Å². The largest absolute Gasteiger partial charge is 0.477 e. The van der Waals surface area contributed by atoms with Crippen LogP contribution in [0.2, 0.25) is 0 Å². The molecular formula is C37H66N2O2. The topological polar surface area (TPSA) is 63.0 Å². The quantitative estimate of drug-likeness (QED) is 0.324. The van der Waals surface area contributed by atoms with Gasteiger partial charge in [0.2, 0.25) is 5.88 Å². The molecule has 0 bridgehead atoms. The van der Waals surface area contributed by atoms with Gasteiger partial charge in [0.15, 0.2) is 5.78 Å². The number of aromatic nitrogens is 1. The first-order valence-electron chi connectivity index (χ1n) is 16.0. The average Bonchev–Trinajstić information content (AvgIpc) is 2.98. The lowest BCUT2D eigenvalue weighted by Gasteiger charge is -2.23. The molecule has 1 aromatic carbocycles. The molecule has 236 valence electrons. The van der Waals surface area contributed by atoms with Gasteiger partial charge in [-0.2, -0.15) is 5.26 Å². The van der Waals surface area contributed by atoms with Crippen molar-refractivity contribution >= 4 is 5.78 Å². The molecule has 1 fully saturated rings. The molecule has 1 saturated carbocycles. The number of carbonyl (C=O) groups is 1. The van der Waals surface area contributed by atoms with E-state index in [1.54, 1.807) is 6.92 Å². The summed E-state index contributed by atoms with van der Waals surface area (Å²) in [5.41, 5.74) is 7.12. The fourth-order valence-corrected chi connectivity index (χ4v) is 4.30. The third-order valence-electron chi connectivity index (χ3n) is 7.10. The van der Waals surface area contributed by atoms with Crippen molar-refractivity contribution in [2.75, 3.05) is 6.61 Å². The minimum Gasteiger partial charge on any atom is -0.477 e. The van der Waals surface area contributed by atoms with Gasteiger partial charge in [-0.05, 0) is 94.4 Å². The smallest absolute Gasteiger partial charge is 0.216 e. The van der Waals surface area contributed by atoms with Crippen LogP contribution in [-0.4, -0.2) is 17.4 Å². The highest BCUT2D eigenvalue weighted by Crippen LogP contribution is 2.30. The van der Waals surface area contributed by atoms with Gasteiger partial charge in [-0.1, -0.05) is 93.7 Å². The molecule has 1 heterocycles. The van der Waals surface area contributed by atoms with Gasteiger partial charge in [-0.25, -0.2) is 4.98 Å². The molecule has 0 atom stereocenters. The maximum absolute atomic E-state index is 10.9. The number of ketones is 1. The summed E-state index contributed by atoms with van der Waals surface area (Å²) in [5.74, 6) is 1.53. The number of nitriles is 1. The lowest BCUT2D eigenvalue weighted by Crippen LogP contribution is -2.17. The minimum absolute atomic E-state index is 0. The lowest BCUT2D eigenvalue weighted by molar-refractivity contribution is 0.101. The van der Waals surface area contributed by atoms with E-state index in [9.17, 15) is 10.1 Å². The van der Waals surface area contributed by atoms with Crippen LogP contribution in [0.15, 0.2) is 18.2 Å².